The van der Waals surface area contributed by atoms with Crippen LogP contribution in [0.1, 0.15) is 27.2 Å². The predicted octanol–water partition coefficient (Wildman–Crippen LogP) is 3.37. The number of methoxy groups -OCH3 is 2. The van der Waals surface area contributed by atoms with Gasteiger partial charge in [-0.3, -0.25) is 4.79 Å². The topological polar surface area (TPSA) is 126 Å². The van der Waals surface area contributed by atoms with Crippen molar-refractivity contribution in [2.75, 3.05) is 25.7 Å². The van der Waals surface area contributed by atoms with Crippen LogP contribution in [-0.2, 0) is 6.42 Å². The van der Waals surface area contributed by atoms with Crippen LogP contribution < -0.4 is 20.9 Å². The molecule has 0 amide bonds. The first-order valence-electron chi connectivity index (χ1n) is 9.25. The van der Waals surface area contributed by atoms with Crippen molar-refractivity contribution in [3.8, 4) is 11.5 Å². The maximum absolute atomic E-state index is 13.2. The van der Waals surface area contributed by atoms with Crippen molar-refractivity contribution in [2.24, 2.45) is 0 Å². The summed E-state index contributed by atoms with van der Waals surface area (Å²) in [5.41, 5.74) is 13.6. The molecule has 0 unspecified atom stereocenters. The number of nitrogens with zero attached hydrogens (tertiary/aromatic N) is 2. The summed E-state index contributed by atoms with van der Waals surface area (Å²) < 4.78 is 30.0. The van der Waals surface area contributed by atoms with Crippen molar-refractivity contribution in [3.63, 3.8) is 0 Å². The van der Waals surface area contributed by atoms with Gasteiger partial charge in [-0.15, -0.1) is 0 Å². The second kappa shape index (κ2) is 7.94. The van der Waals surface area contributed by atoms with E-state index in [4.69, 9.17) is 25.4 Å². The van der Waals surface area contributed by atoms with Gasteiger partial charge in [-0.25, -0.2) is 9.37 Å². The Hall–Kier alpha value is -4.14. The van der Waals surface area contributed by atoms with Crippen molar-refractivity contribution in [1.29, 1.82) is 0 Å². The van der Waals surface area contributed by atoms with Gasteiger partial charge in [0.15, 0.2) is 17.1 Å². The van der Waals surface area contributed by atoms with Crippen LogP contribution in [0.5, 0.6) is 11.5 Å². The van der Waals surface area contributed by atoms with E-state index in [0.29, 0.717) is 40.0 Å². The van der Waals surface area contributed by atoms with Crippen LogP contribution in [0.2, 0.25) is 0 Å². The molecule has 8 nitrogen and oxygen atoms in total. The number of hydrogen-bond acceptors (Lipinski definition) is 8. The predicted molar refractivity (Wildman–Crippen MR) is 113 cm³/mol. The van der Waals surface area contributed by atoms with Crippen LogP contribution in [0.3, 0.4) is 0 Å². The third-order valence-electron chi connectivity index (χ3n) is 4.87. The van der Waals surface area contributed by atoms with Crippen molar-refractivity contribution in [1.82, 2.24) is 9.97 Å². The van der Waals surface area contributed by atoms with Gasteiger partial charge < -0.3 is 25.4 Å². The highest BCUT2D eigenvalue weighted by molar-refractivity contribution is 6.09. The lowest BCUT2D eigenvalue weighted by molar-refractivity contribution is 0.101. The number of aromatic nitrogens is 2. The fourth-order valence-electron chi connectivity index (χ4n) is 3.33. The molecule has 0 aliphatic rings. The number of nitrogens with two attached hydrogens (primary N) is 2. The lowest BCUT2D eigenvalue weighted by Gasteiger charge is -2.12. The Bertz CT molecular complexity index is 1290. The molecule has 4 rings (SSSR count). The molecule has 4 aromatic rings. The average Bonchev–Trinajstić information content (AvgIpc) is 3.21. The summed E-state index contributed by atoms with van der Waals surface area (Å²) in [7, 11) is 2.98. The van der Waals surface area contributed by atoms with E-state index in [-0.39, 0.29) is 17.5 Å². The SMILES string of the molecule is COc1cc(Cc2cnc(N)nc2N)c2cc(C(=O)c3ccc(F)cc3)oc2c1OC. The van der Waals surface area contributed by atoms with Crippen LogP contribution in [0.15, 0.2) is 47.0 Å². The van der Waals surface area contributed by atoms with Crippen LogP contribution in [0, 0.1) is 5.82 Å². The molecule has 158 valence electrons. The first-order valence-corrected chi connectivity index (χ1v) is 9.25. The van der Waals surface area contributed by atoms with E-state index in [9.17, 15) is 9.18 Å². The number of benzene rings is 2. The fourth-order valence-corrected chi connectivity index (χ4v) is 3.33. The van der Waals surface area contributed by atoms with Gasteiger partial charge in [0.1, 0.15) is 11.6 Å². The minimum atomic E-state index is -0.432. The molecule has 0 spiro atoms. The lowest BCUT2D eigenvalue weighted by atomic mass is 10.0. The standard InChI is InChI=1S/C22H19FN4O4/c1-29-17-8-12(7-13-10-26-22(25)27-21(13)24)15-9-16(31-19(15)20(17)30-2)18(28)11-3-5-14(23)6-4-11/h3-6,8-10H,7H2,1-2H3,(H4,24,25,26,27). The molecule has 0 bridgehead atoms. The largest absolute Gasteiger partial charge is 0.493 e. The highest BCUT2D eigenvalue weighted by Crippen LogP contribution is 2.41. The molecule has 0 saturated heterocycles. The van der Waals surface area contributed by atoms with Crippen LogP contribution >= 0.6 is 0 Å². The summed E-state index contributed by atoms with van der Waals surface area (Å²) in [5, 5.41) is 0.638. The second-order valence-electron chi connectivity index (χ2n) is 6.78. The van der Waals surface area contributed by atoms with E-state index in [0.717, 1.165) is 5.56 Å². The molecule has 4 N–H and O–H groups in total. The molecule has 31 heavy (non-hydrogen) atoms. The third kappa shape index (κ3) is 3.73. The number of nitrogen functional groups attached to an aromatic ring is 2. The Morgan fingerprint density at radius 2 is 1.84 bits per heavy atom. The van der Waals surface area contributed by atoms with Gasteiger partial charge in [-0.2, -0.15) is 4.98 Å². The smallest absolute Gasteiger partial charge is 0.228 e. The fraction of sp³-hybridized carbons (Fsp3) is 0.136. The number of carbonyl (C=O) groups excluding carboxylic acids is 1. The number of fused-ring (bicyclic) bond motifs is 1. The molecule has 0 saturated carbocycles. The Labute approximate surface area is 176 Å². The van der Waals surface area contributed by atoms with E-state index in [1.54, 1.807) is 18.3 Å². The number of ether oxygens (including phenoxy) is 2. The summed E-state index contributed by atoms with van der Waals surface area (Å²) in [6.45, 7) is 0. The zero-order valence-electron chi connectivity index (χ0n) is 16.8. The number of furan rings is 1. The normalized spacial score (nSPS) is 10.9. The van der Waals surface area contributed by atoms with Crippen LogP contribution in [0.4, 0.5) is 16.2 Å². The zero-order valence-corrected chi connectivity index (χ0v) is 16.8. The molecule has 0 fully saturated rings. The molecule has 2 heterocycles. The van der Waals surface area contributed by atoms with Crippen molar-refractivity contribution in [3.05, 3.63) is 70.9 Å². The second-order valence-corrected chi connectivity index (χ2v) is 6.78. The number of rotatable bonds is 6. The minimum Gasteiger partial charge on any atom is -0.493 e. The maximum atomic E-state index is 13.2. The highest BCUT2D eigenvalue weighted by atomic mass is 19.1. The van der Waals surface area contributed by atoms with Gasteiger partial charge in [0.2, 0.25) is 17.5 Å². The monoisotopic (exact) mass is 422 g/mol. The summed E-state index contributed by atoms with van der Waals surface area (Å²) in [6.07, 6.45) is 1.89. The van der Waals surface area contributed by atoms with Crippen molar-refractivity contribution >= 4 is 28.5 Å². The number of carbonyl (C=O) groups is 1. The van der Waals surface area contributed by atoms with Crippen molar-refractivity contribution < 1.29 is 23.1 Å². The maximum Gasteiger partial charge on any atom is 0.228 e. The summed E-state index contributed by atoms with van der Waals surface area (Å²) >= 11 is 0. The molecule has 2 aromatic heterocycles. The Kier molecular flexibility index (Phi) is 5.16. The molecular weight excluding hydrogens is 403 g/mol. The Morgan fingerprint density at radius 3 is 2.48 bits per heavy atom. The Balaban J connectivity index is 1.85. The summed E-state index contributed by atoms with van der Waals surface area (Å²) in [4.78, 5) is 20.9. The first-order chi connectivity index (χ1) is 14.9. The van der Waals surface area contributed by atoms with E-state index in [1.165, 1.54) is 38.5 Å². The molecule has 0 aliphatic heterocycles. The minimum absolute atomic E-state index is 0.0780. The average molecular weight is 422 g/mol. The number of ketones is 1. The van der Waals surface area contributed by atoms with E-state index < -0.39 is 11.6 Å². The third-order valence-corrected chi connectivity index (χ3v) is 4.87. The van der Waals surface area contributed by atoms with Gasteiger partial charge in [-0.1, -0.05) is 0 Å². The summed E-state index contributed by atoms with van der Waals surface area (Å²) in [5.74, 6) is 0.360. The van der Waals surface area contributed by atoms with Gasteiger partial charge in [0.25, 0.3) is 0 Å². The lowest BCUT2D eigenvalue weighted by Crippen LogP contribution is -2.04. The van der Waals surface area contributed by atoms with E-state index >= 15 is 0 Å². The van der Waals surface area contributed by atoms with E-state index in [2.05, 4.69) is 9.97 Å². The molecule has 0 aliphatic carbocycles. The molecule has 2 aromatic carbocycles. The van der Waals surface area contributed by atoms with Gasteiger partial charge in [0.05, 0.1) is 14.2 Å². The molecule has 9 heteroatoms. The first kappa shape index (κ1) is 20.1. The number of halogens is 1. The van der Waals surface area contributed by atoms with Crippen LogP contribution in [0.25, 0.3) is 11.0 Å². The summed E-state index contributed by atoms with van der Waals surface area (Å²) in [6, 6.07) is 8.63. The van der Waals surface area contributed by atoms with Crippen molar-refractivity contribution in [2.45, 2.75) is 6.42 Å². The number of hydrogen-bond donors (Lipinski definition) is 2. The Morgan fingerprint density at radius 1 is 1.10 bits per heavy atom. The number of anilines is 2. The van der Waals surface area contributed by atoms with Gasteiger partial charge in [0, 0.05) is 29.1 Å². The highest BCUT2D eigenvalue weighted by Gasteiger charge is 2.22. The van der Waals surface area contributed by atoms with E-state index in [1.807, 2.05) is 0 Å². The van der Waals surface area contributed by atoms with Crippen LogP contribution in [-0.4, -0.2) is 30.0 Å². The molecule has 0 atom stereocenters. The quantitative estimate of drug-likeness (QED) is 0.453. The van der Waals surface area contributed by atoms with Gasteiger partial charge in [-0.05, 0) is 42.0 Å². The molecule has 0 radical (unpaired) electrons. The van der Waals surface area contributed by atoms with Gasteiger partial charge >= 0.3 is 0 Å². The zero-order chi connectivity index (χ0) is 22.1. The molecular formula is C22H19FN4O4.